The summed E-state index contributed by atoms with van der Waals surface area (Å²) in [4.78, 5) is 31.4. The minimum Gasteiger partial charge on any atom is -0.462 e. The van der Waals surface area contributed by atoms with Crippen LogP contribution in [0.5, 0.6) is 0 Å². The summed E-state index contributed by atoms with van der Waals surface area (Å²) >= 11 is 0. The first-order chi connectivity index (χ1) is 12.1. The highest BCUT2D eigenvalue weighted by atomic mass is 16.5. The number of ether oxygens (including phenoxy) is 2. The van der Waals surface area contributed by atoms with E-state index in [4.69, 9.17) is 9.47 Å². The summed E-state index contributed by atoms with van der Waals surface area (Å²) in [6.45, 7) is 3.67. The van der Waals surface area contributed by atoms with Gasteiger partial charge in [0.1, 0.15) is 0 Å². The molecule has 0 spiro atoms. The van der Waals surface area contributed by atoms with E-state index in [1.807, 2.05) is 0 Å². The molecule has 0 unspecified atom stereocenters. The standard InChI is InChI=1S/C18H17N3O4/c1-3-24-17(22)12-8-9-13(15-7-5-6-10-20-15)14(11-12)16(21-19)18(23)25-4-2/h5-11H,3-4H2,1-2H3. The van der Waals surface area contributed by atoms with E-state index in [0.29, 0.717) is 11.3 Å². The van der Waals surface area contributed by atoms with E-state index < -0.39 is 11.9 Å². The number of nitrogens with zero attached hydrogens (tertiary/aromatic N) is 3. The molecule has 0 saturated heterocycles. The molecule has 0 aliphatic carbocycles. The van der Waals surface area contributed by atoms with Crippen LogP contribution >= 0.6 is 0 Å². The van der Waals surface area contributed by atoms with Crippen LogP contribution in [0.15, 0.2) is 42.6 Å². The van der Waals surface area contributed by atoms with Gasteiger partial charge in [-0.05, 0) is 38.1 Å². The summed E-state index contributed by atoms with van der Waals surface area (Å²) in [6, 6.07) is 9.88. The molecule has 0 saturated carbocycles. The monoisotopic (exact) mass is 339 g/mol. The van der Waals surface area contributed by atoms with Gasteiger partial charge in [0.25, 0.3) is 0 Å². The van der Waals surface area contributed by atoms with Gasteiger partial charge in [0.05, 0.1) is 30.0 Å². The fourth-order valence-electron chi connectivity index (χ4n) is 2.23. The van der Waals surface area contributed by atoms with Crippen molar-refractivity contribution in [3.05, 3.63) is 59.3 Å². The van der Waals surface area contributed by atoms with E-state index in [0.717, 1.165) is 0 Å². The van der Waals surface area contributed by atoms with Crippen LogP contribution in [0.25, 0.3) is 16.8 Å². The Morgan fingerprint density at radius 3 is 2.48 bits per heavy atom. The molecule has 0 atom stereocenters. The minimum atomic E-state index is -0.803. The van der Waals surface area contributed by atoms with Crippen LogP contribution in [0.3, 0.4) is 0 Å². The number of esters is 2. The molecule has 0 fully saturated rings. The van der Waals surface area contributed by atoms with Gasteiger partial charge in [-0.15, -0.1) is 0 Å². The van der Waals surface area contributed by atoms with E-state index in [1.54, 1.807) is 50.4 Å². The van der Waals surface area contributed by atoms with Gasteiger partial charge in [-0.1, -0.05) is 12.1 Å². The third kappa shape index (κ3) is 4.16. The average molecular weight is 339 g/mol. The highest BCUT2D eigenvalue weighted by Gasteiger charge is 2.29. The molecule has 25 heavy (non-hydrogen) atoms. The van der Waals surface area contributed by atoms with Crippen molar-refractivity contribution in [2.45, 2.75) is 13.8 Å². The highest BCUT2D eigenvalue weighted by Crippen LogP contribution is 2.24. The van der Waals surface area contributed by atoms with Crippen LogP contribution < -0.4 is 0 Å². The zero-order valence-corrected chi connectivity index (χ0v) is 13.9. The van der Waals surface area contributed by atoms with Crippen molar-refractivity contribution < 1.29 is 23.9 Å². The zero-order valence-electron chi connectivity index (χ0n) is 13.9. The molecular weight excluding hydrogens is 322 g/mol. The highest BCUT2D eigenvalue weighted by molar-refractivity contribution is 6.42. The van der Waals surface area contributed by atoms with Crippen LogP contribution in [0, 0.1) is 0 Å². The Bertz CT molecular complexity index is 827. The average Bonchev–Trinajstić information content (AvgIpc) is 2.63. The molecule has 2 aromatic rings. The van der Waals surface area contributed by atoms with Gasteiger partial charge in [0, 0.05) is 11.8 Å². The van der Waals surface area contributed by atoms with Crippen LogP contribution in [-0.2, 0) is 14.3 Å². The van der Waals surface area contributed by atoms with Gasteiger partial charge in [-0.3, -0.25) is 4.98 Å². The molecule has 1 aromatic heterocycles. The number of hydrogen-bond donors (Lipinski definition) is 0. The smallest absolute Gasteiger partial charge is 0.422 e. The number of benzene rings is 1. The number of carbonyl (C=O) groups excluding carboxylic acids is 2. The van der Waals surface area contributed by atoms with Crippen LogP contribution in [-0.4, -0.2) is 40.6 Å². The van der Waals surface area contributed by atoms with Crippen LogP contribution in [0.2, 0.25) is 0 Å². The van der Waals surface area contributed by atoms with Crippen molar-refractivity contribution in [3.63, 3.8) is 0 Å². The Morgan fingerprint density at radius 1 is 1.12 bits per heavy atom. The lowest BCUT2D eigenvalue weighted by Crippen LogP contribution is -2.21. The van der Waals surface area contributed by atoms with E-state index in [1.165, 1.54) is 6.07 Å². The molecule has 0 aliphatic heterocycles. The van der Waals surface area contributed by atoms with Crippen LogP contribution in [0.4, 0.5) is 0 Å². The maximum Gasteiger partial charge on any atom is 0.422 e. The normalized spacial score (nSPS) is 9.84. The Labute approximate surface area is 144 Å². The Morgan fingerprint density at radius 2 is 1.88 bits per heavy atom. The number of rotatable bonds is 6. The number of carbonyl (C=O) groups is 2. The summed E-state index contributed by atoms with van der Waals surface area (Å²) in [7, 11) is 0. The lowest BCUT2D eigenvalue weighted by Gasteiger charge is -2.08. The molecule has 2 rings (SSSR count). The van der Waals surface area contributed by atoms with Gasteiger partial charge in [-0.25, -0.2) is 9.59 Å². The minimum absolute atomic E-state index is 0.119. The van der Waals surface area contributed by atoms with E-state index >= 15 is 0 Å². The quantitative estimate of drug-likeness (QED) is 0.348. The maximum absolute atomic E-state index is 12.1. The molecule has 7 nitrogen and oxygen atoms in total. The second-order valence-electron chi connectivity index (χ2n) is 4.86. The van der Waals surface area contributed by atoms with Crippen LogP contribution in [0.1, 0.15) is 29.8 Å². The van der Waals surface area contributed by atoms with Crippen molar-refractivity contribution >= 4 is 17.7 Å². The third-order valence-corrected chi connectivity index (χ3v) is 3.30. The van der Waals surface area contributed by atoms with Crippen molar-refractivity contribution in [1.82, 2.24) is 4.98 Å². The van der Waals surface area contributed by atoms with Gasteiger partial charge >= 0.3 is 17.7 Å². The van der Waals surface area contributed by atoms with Gasteiger partial charge in [0.15, 0.2) is 0 Å². The Balaban J connectivity index is 2.62. The van der Waals surface area contributed by atoms with Gasteiger partial charge in [-0.2, -0.15) is 4.79 Å². The summed E-state index contributed by atoms with van der Waals surface area (Å²) < 4.78 is 9.90. The predicted molar refractivity (Wildman–Crippen MR) is 90.0 cm³/mol. The van der Waals surface area contributed by atoms with Crippen molar-refractivity contribution in [3.8, 4) is 11.3 Å². The fraction of sp³-hybridized carbons (Fsp3) is 0.222. The first-order valence-corrected chi connectivity index (χ1v) is 7.74. The Hall–Kier alpha value is -3.31. The van der Waals surface area contributed by atoms with Gasteiger partial charge in [0.2, 0.25) is 0 Å². The second-order valence-corrected chi connectivity index (χ2v) is 4.86. The summed E-state index contributed by atoms with van der Waals surface area (Å²) in [5.41, 5.74) is 10.5. The largest absolute Gasteiger partial charge is 0.462 e. The van der Waals surface area contributed by atoms with E-state index in [2.05, 4.69) is 9.77 Å². The predicted octanol–water partition coefficient (Wildman–Crippen LogP) is 2.51. The number of hydrogen-bond acceptors (Lipinski definition) is 5. The summed E-state index contributed by atoms with van der Waals surface area (Å²) in [6.07, 6.45) is 1.60. The SMILES string of the molecule is CCOC(=O)C(=[N+]=[N-])c1cc(C(=O)OCC)ccc1-c1ccccn1. The molecule has 1 heterocycles. The third-order valence-electron chi connectivity index (χ3n) is 3.30. The molecule has 0 amide bonds. The molecule has 0 radical (unpaired) electrons. The zero-order chi connectivity index (χ0) is 18.2. The lowest BCUT2D eigenvalue weighted by molar-refractivity contribution is -0.139. The van der Waals surface area contributed by atoms with Gasteiger partial charge < -0.3 is 15.0 Å². The van der Waals surface area contributed by atoms with E-state index in [-0.39, 0.29) is 30.1 Å². The molecule has 1 aromatic carbocycles. The van der Waals surface area contributed by atoms with E-state index in [9.17, 15) is 15.1 Å². The molecular formula is C18H17N3O4. The van der Waals surface area contributed by atoms with Crippen molar-refractivity contribution in [2.75, 3.05) is 13.2 Å². The molecule has 0 N–H and O–H groups in total. The number of aromatic nitrogens is 1. The molecule has 128 valence electrons. The first kappa shape index (κ1) is 18.0. The number of pyridine rings is 1. The fourth-order valence-corrected chi connectivity index (χ4v) is 2.23. The molecule has 0 aliphatic rings. The molecule has 0 bridgehead atoms. The Kier molecular flexibility index (Phi) is 6.14. The molecule has 7 heteroatoms. The summed E-state index contributed by atoms with van der Waals surface area (Å²) in [5.74, 6) is -1.35. The lowest BCUT2D eigenvalue weighted by atomic mass is 9.97. The summed E-state index contributed by atoms with van der Waals surface area (Å²) in [5, 5.41) is 0. The first-order valence-electron chi connectivity index (χ1n) is 7.74. The van der Waals surface area contributed by atoms with Crippen molar-refractivity contribution in [2.24, 2.45) is 0 Å². The maximum atomic E-state index is 12.1. The van der Waals surface area contributed by atoms with Crippen molar-refractivity contribution in [1.29, 1.82) is 0 Å². The topological polar surface area (TPSA) is 102 Å². The second kappa shape index (κ2) is 8.52.